The average Bonchev–Trinajstić information content (AvgIpc) is 2.89. The summed E-state index contributed by atoms with van der Waals surface area (Å²) in [4.78, 5) is 22.6. The van der Waals surface area contributed by atoms with E-state index in [1.165, 1.54) is 11.0 Å². The van der Waals surface area contributed by atoms with E-state index in [1.54, 1.807) is 28.8 Å². The molecule has 0 fully saturated rings. The van der Waals surface area contributed by atoms with Gasteiger partial charge in [0.1, 0.15) is 12.9 Å². The largest absolute Gasteiger partial charge is 0.367 e. The summed E-state index contributed by atoms with van der Waals surface area (Å²) in [5.74, 6) is 0.122. The standard InChI is InChI=1S/C10H14N6OS/c1-7-8(18-6-13-7)3-15(2)9(17)4-16-5-12-10(11)14-16/h5-6H,3-4H2,1-2H3,(H2,11,14). The number of nitrogens with zero attached hydrogens (tertiary/aromatic N) is 5. The minimum absolute atomic E-state index is 0.0484. The number of amides is 1. The van der Waals surface area contributed by atoms with E-state index in [4.69, 9.17) is 5.73 Å². The zero-order valence-corrected chi connectivity index (χ0v) is 11.0. The third-order valence-electron chi connectivity index (χ3n) is 2.50. The third-order valence-corrected chi connectivity index (χ3v) is 3.42. The first-order valence-electron chi connectivity index (χ1n) is 5.34. The van der Waals surface area contributed by atoms with E-state index in [-0.39, 0.29) is 18.4 Å². The Morgan fingerprint density at radius 3 is 2.89 bits per heavy atom. The van der Waals surface area contributed by atoms with E-state index in [0.717, 1.165) is 10.6 Å². The van der Waals surface area contributed by atoms with E-state index in [1.807, 2.05) is 6.92 Å². The van der Waals surface area contributed by atoms with Crippen molar-refractivity contribution in [1.82, 2.24) is 24.6 Å². The molecule has 1 amide bonds. The first-order valence-corrected chi connectivity index (χ1v) is 6.22. The van der Waals surface area contributed by atoms with Crippen molar-refractivity contribution >= 4 is 23.2 Å². The van der Waals surface area contributed by atoms with Gasteiger partial charge in [-0.1, -0.05) is 0 Å². The van der Waals surface area contributed by atoms with Crippen LogP contribution in [-0.2, 0) is 17.9 Å². The van der Waals surface area contributed by atoms with Crippen LogP contribution in [0.5, 0.6) is 0 Å². The van der Waals surface area contributed by atoms with Gasteiger partial charge in [0, 0.05) is 11.9 Å². The van der Waals surface area contributed by atoms with Gasteiger partial charge in [-0.15, -0.1) is 16.4 Å². The van der Waals surface area contributed by atoms with E-state index < -0.39 is 0 Å². The number of carbonyl (C=O) groups is 1. The van der Waals surface area contributed by atoms with E-state index in [2.05, 4.69) is 15.1 Å². The number of carbonyl (C=O) groups excluding carboxylic acids is 1. The van der Waals surface area contributed by atoms with Crippen molar-refractivity contribution in [2.75, 3.05) is 12.8 Å². The fourth-order valence-electron chi connectivity index (χ4n) is 1.43. The highest BCUT2D eigenvalue weighted by Gasteiger charge is 2.13. The molecule has 0 bridgehead atoms. The molecule has 0 spiro atoms. The number of hydrogen-bond acceptors (Lipinski definition) is 6. The minimum atomic E-state index is -0.0484. The van der Waals surface area contributed by atoms with Crippen LogP contribution in [0.4, 0.5) is 5.95 Å². The Morgan fingerprint density at radius 2 is 2.33 bits per heavy atom. The molecule has 2 aromatic heterocycles. The molecule has 0 aromatic carbocycles. The lowest BCUT2D eigenvalue weighted by molar-refractivity contribution is -0.131. The Hall–Kier alpha value is -1.96. The van der Waals surface area contributed by atoms with E-state index >= 15 is 0 Å². The summed E-state index contributed by atoms with van der Waals surface area (Å²) in [5, 5.41) is 3.87. The van der Waals surface area contributed by atoms with Crippen LogP contribution in [0.25, 0.3) is 0 Å². The molecule has 18 heavy (non-hydrogen) atoms. The monoisotopic (exact) mass is 266 g/mol. The van der Waals surface area contributed by atoms with Crippen LogP contribution in [0.3, 0.4) is 0 Å². The number of nitrogen functional groups attached to an aromatic ring is 1. The van der Waals surface area contributed by atoms with Gasteiger partial charge in [-0.3, -0.25) is 4.79 Å². The highest BCUT2D eigenvalue weighted by atomic mass is 32.1. The molecule has 2 heterocycles. The summed E-state index contributed by atoms with van der Waals surface area (Å²) in [7, 11) is 1.75. The minimum Gasteiger partial charge on any atom is -0.367 e. The molecule has 0 saturated carbocycles. The van der Waals surface area contributed by atoms with E-state index in [0.29, 0.717) is 6.54 Å². The smallest absolute Gasteiger partial charge is 0.244 e. The average molecular weight is 266 g/mol. The summed E-state index contributed by atoms with van der Waals surface area (Å²) in [5.41, 5.74) is 8.13. The molecular formula is C10H14N6OS. The van der Waals surface area contributed by atoms with Crippen molar-refractivity contribution in [3.05, 3.63) is 22.4 Å². The second-order valence-corrected chi connectivity index (χ2v) is 4.85. The van der Waals surface area contributed by atoms with Gasteiger partial charge in [-0.25, -0.2) is 14.6 Å². The summed E-state index contributed by atoms with van der Waals surface area (Å²) in [6.45, 7) is 2.63. The molecule has 0 aliphatic carbocycles. The van der Waals surface area contributed by atoms with Crippen LogP contribution < -0.4 is 5.73 Å². The highest BCUT2D eigenvalue weighted by Crippen LogP contribution is 2.14. The maximum absolute atomic E-state index is 11.9. The number of hydrogen-bond donors (Lipinski definition) is 1. The maximum atomic E-state index is 11.9. The second kappa shape index (κ2) is 5.13. The van der Waals surface area contributed by atoms with Gasteiger partial charge >= 0.3 is 0 Å². The summed E-state index contributed by atoms with van der Waals surface area (Å²) < 4.78 is 1.42. The van der Waals surface area contributed by atoms with Crippen molar-refractivity contribution in [3.8, 4) is 0 Å². The molecule has 0 radical (unpaired) electrons. The first kappa shape index (κ1) is 12.5. The molecule has 2 rings (SSSR count). The van der Waals surface area contributed by atoms with Crippen molar-refractivity contribution < 1.29 is 4.79 Å². The molecule has 0 saturated heterocycles. The topological polar surface area (TPSA) is 89.9 Å². The zero-order chi connectivity index (χ0) is 13.1. The number of rotatable bonds is 4. The normalized spacial score (nSPS) is 10.6. The van der Waals surface area contributed by atoms with Crippen LogP contribution in [0.15, 0.2) is 11.8 Å². The lowest BCUT2D eigenvalue weighted by atomic mass is 10.3. The van der Waals surface area contributed by atoms with Gasteiger partial charge in [-0.05, 0) is 6.92 Å². The summed E-state index contributed by atoms with van der Waals surface area (Å²) in [6.07, 6.45) is 1.44. The molecule has 0 atom stereocenters. The number of aromatic nitrogens is 4. The van der Waals surface area contributed by atoms with Gasteiger partial charge in [-0.2, -0.15) is 0 Å². The van der Waals surface area contributed by atoms with Crippen LogP contribution >= 0.6 is 11.3 Å². The number of nitrogens with two attached hydrogens (primary N) is 1. The lowest BCUT2D eigenvalue weighted by Gasteiger charge is -2.16. The lowest BCUT2D eigenvalue weighted by Crippen LogP contribution is -2.29. The zero-order valence-electron chi connectivity index (χ0n) is 10.2. The summed E-state index contributed by atoms with van der Waals surface area (Å²) in [6, 6.07) is 0. The van der Waals surface area contributed by atoms with Gasteiger partial charge in [0.2, 0.25) is 11.9 Å². The van der Waals surface area contributed by atoms with Gasteiger partial charge in [0.15, 0.2) is 0 Å². The molecule has 2 N–H and O–H groups in total. The molecule has 8 heteroatoms. The van der Waals surface area contributed by atoms with E-state index in [9.17, 15) is 4.79 Å². The quantitative estimate of drug-likeness (QED) is 0.858. The second-order valence-electron chi connectivity index (χ2n) is 3.91. The summed E-state index contributed by atoms with van der Waals surface area (Å²) >= 11 is 1.55. The van der Waals surface area contributed by atoms with Crippen LogP contribution in [0.1, 0.15) is 10.6 Å². The fraction of sp³-hybridized carbons (Fsp3) is 0.400. The van der Waals surface area contributed by atoms with Gasteiger partial charge in [0.05, 0.1) is 17.7 Å². The number of anilines is 1. The highest BCUT2D eigenvalue weighted by molar-refractivity contribution is 7.09. The predicted molar refractivity (Wildman–Crippen MR) is 67.8 cm³/mol. The third kappa shape index (κ3) is 2.83. The fourth-order valence-corrected chi connectivity index (χ4v) is 2.26. The Labute approximate surface area is 108 Å². The molecule has 0 aliphatic rings. The molecule has 0 unspecified atom stereocenters. The number of likely N-dealkylation sites (N-methyl/N-ethyl adjacent to an activating group) is 1. The molecule has 0 aliphatic heterocycles. The molecular weight excluding hydrogens is 252 g/mol. The Kier molecular flexibility index (Phi) is 3.56. The first-order chi connectivity index (χ1) is 8.56. The van der Waals surface area contributed by atoms with Gasteiger partial charge < -0.3 is 10.6 Å². The molecule has 2 aromatic rings. The van der Waals surface area contributed by atoms with Crippen molar-refractivity contribution in [3.63, 3.8) is 0 Å². The predicted octanol–water partition coefficient (Wildman–Crippen LogP) is 0.284. The molecule has 96 valence electrons. The van der Waals surface area contributed by atoms with Crippen LogP contribution in [0, 0.1) is 6.92 Å². The number of thiazole rings is 1. The Balaban J connectivity index is 1.95. The van der Waals surface area contributed by atoms with Crippen molar-refractivity contribution in [2.24, 2.45) is 0 Å². The van der Waals surface area contributed by atoms with Crippen molar-refractivity contribution in [1.29, 1.82) is 0 Å². The van der Waals surface area contributed by atoms with Gasteiger partial charge in [0.25, 0.3) is 0 Å². The number of aryl methyl sites for hydroxylation is 1. The van der Waals surface area contributed by atoms with Crippen LogP contribution in [-0.4, -0.2) is 37.6 Å². The van der Waals surface area contributed by atoms with Crippen molar-refractivity contribution in [2.45, 2.75) is 20.0 Å². The maximum Gasteiger partial charge on any atom is 0.244 e. The Bertz CT molecular complexity index is 548. The SMILES string of the molecule is Cc1ncsc1CN(C)C(=O)Cn1cnc(N)n1. The van der Waals surface area contributed by atoms with Crippen LogP contribution in [0.2, 0.25) is 0 Å². The molecule has 7 nitrogen and oxygen atoms in total. The Morgan fingerprint density at radius 1 is 1.56 bits per heavy atom.